The van der Waals surface area contributed by atoms with Crippen LogP contribution in [0.1, 0.15) is 13.3 Å². The zero-order valence-corrected chi connectivity index (χ0v) is 13.3. The second-order valence-electron chi connectivity index (χ2n) is 5.31. The Bertz CT molecular complexity index is 899. The molecule has 0 aliphatic heterocycles. The van der Waals surface area contributed by atoms with Crippen LogP contribution in [0, 0.1) is 0 Å². The van der Waals surface area contributed by atoms with Crippen LogP contribution in [0.4, 0.5) is 0 Å². The highest BCUT2D eigenvalue weighted by Gasteiger charge is 2.16. The highest BCUT2D eigenvalue weighted by Crippen LogP contribution is 2.30. The highest BCUT2D eigenvalue weighted by molar-refractivity contribution is 5.79. The van der Waals surface area contributed by atoms with Crippen molar-refractivity contribution in [3.63, 3.8) is 0 Å². The molecule has 2 aromatic carbocycles. The summed E-state index contributed by atoms with van der Waals surface area (Å²) in [6, 6.07) is 20.8. The number of hydrogen-bond donors (Lipinski definition) is 1. The number of nitrogens with one attached hydrogen (secondary N) is 1. The lowest BCUT2D eigenvalue weighted by Gasteiger charge is -2.11. The summed E-state index contributed by atoms with van der Waals surface area (Å²) in [7, 11) is 0. The van der Waals surface area contributed by atoms with Crippen LogP contribution in [-0.4, -0.2) is 11.0 Å². The van der Waals surface area contributed by atoms with Gasteiger partial charge in [-0.15, -0.1) is 0 Å². The lowest BCUT2D eigenvalue weighted by atomic mass is 10.0. The Morgan fingerprint density at radius 3 is 2.12 bits per heavy atom. The molecule has 3 rings (SSSR count). The number of rotatable bonds is 4. The largest absolute Gasteiger partial charge is 0.420 e. The van der Waals surface area contributed by atoms with Gasteiger partial charge in [0.1, 0.15) is 0 Å². The summed E-state index contributed by atoms with van der Waals surface area (Å²) >= 11 is 0. The van der Waals surface area contributed by atoms with Crippen LogP contribution in [0.2, 0.25) is 0 Å². The van der Waals surface area contributed by atoms with Gasteiger partial charge in [0.25, 0.3) is 5.56 Å². The number of hydrogen-bond acceptors (Lipinski definition) is 3. The average molecular weight is 319 g/mol. The van der Waals surface area contributed by atoms with E-state index in [-0.39, 0.29) is 12.2 Å². The minimum Gasteiger partial charge on any atom is -0.420 e. The van der Waals surface area contributed by atoms with Crippen molar-refractivity contribution in [2.24, 2.45) is 0 Å². The Labute approximate surface area is 139 Å². The third kappa shape index (κ3) is 3.27. The van der Waals surface area contributed by atoms with E-state index in [4.69, 9.17) is 4.74 Å². The van der Waals surface area contributed by atoms with Gasteiger partial charge in [-0.2, -0.15) is 0 Å². The lowest BCUT2D eigenvalue weighted by Crippen LogP contribution is -2.17. The van der Waals surface area contributed by atoms with E-state index in [0.717, 1.165) is 11.1 Å². The zero-order chi connectivity index (χ0) is 16.9. The Balaban J connectivity index is 2.20. The number of carbonyl (C=O) groups excluding carboxylic acids is 1. The summed E-state index contributed by atoms with van der Waals surface area (Å²) in [5.41, 5.74) is 2.56. The molecule has 0 aliphatic rings. The molecule has 0 saturated heterocycles. The number of ether oxygens (including phenoxy) is 1. The van der Waals surface area contributed by atoms with Gasteiger partial charge in [-0.1, -0.05) is 67.6 Å². The molecule has 24 heavy (non-hydrogen) atoms. The maximum Gasteiger partial charge on any atom is 0.311 e. The molecule has 4 nitrogen and oxygen atoms in total. The molecule has 0 saturated carbocycles. The SMILES string of the molecule is CCC(=O)Oc1c(-c2ccccc2)cc(-c2ccccc2)[nH]c1=O. The van der Waals surface area contributed by atoms with Gasteiger partial charge in [-0.25, -0.2) is 0 Å². The lowest BCUT2D eigenvalue weighted by molar-refractivity contribution is -0.134. The van der Waals surface area contributed by atoms with Gasteiger partial charge < -0.3 is 9.72 Å². The Hall–Kier alpha value is -3.14. The van der Waals surface area contributed by atoms with Crippen LogP contribution in [0.25, 0.3) is 22.4 Å². The quantitative estimate of drug-likeness (QED) is 0.739. The van der Waals surface area contributed by atoms with Crippen LogP contribution < -0.4 is 10.3 Å². The maximum absolute atomic E-state index is 12.5. The monoisotopic (exact) mass is 319 g/mol. The minimum absolute atomic E-state index is 0.0349. The fraction of sp³-hybridized carbons (Fsp3) is 0.100. The molecule has 4 heteroatoms. The van der Waals surface area contributed by atoms with Crippen LogP contribution in [0.3, 0.4) is 0 Å². The van der Waals surface area contributed by atoms with Crippen molar-refractivity contribution in [1.29, 1.82) is 0 Å². The van der Waals surface area contributed by atoms with Crippen molar-refractivity contribution < 1.29 is 9.53 Å². The van der Waals surface area contributed by atoms with Crippen LogP contribution >= 0.6 is 0 Å². The number of aromatic amines is 1. The van der Waals surface area contributed by atoms with Crippen molar-refractivity contribution >= 4 is 5.97 Å². The van der Waals surface area contributed by atoms with Gasteiger partial charge in [-0.3, -0.25) is 9.59 Å². The number of H-pyrrole nitrogens is 1. The normalized spacial score (nSPS) is 10.4. The van der Waals surface area contributed by atoms with Crippen molar-refractivity contribution in [3.05, 3.63) is 77.1 Å². The van der Waals surface area contributed by atoms with Crippen molar-refractivity contribution in [1.82, 2.24) is 4.98 Å². The predicted molar refractivity (Wildman–Crippen MR) is 93.9 cm³/mol. The van der Waals surface area contributed by atoms with Gasteiger partial charge in [0, 0.05) is 17.7 Å². The fourth-order valence-electron chi connectivity index (χ4n) is 2.44. The van der Waals surface area contributed by atoms with E-state index in [1.807, 2.05) is 66.7 Å². The summed E-state index contributed by atoms with van der Waals surface area (Å²) in [5, 5.41) is 0. The van der Waals surface area contributed by atoms with Crippen molar-refractivity contribution in [3.8, 4) is 28.1 Å². The van der Waals surface area contributed by atoms with Gasteiger partial charge in [0.2, 0.25) is 5.75 Å². The maximum atomic E-state index is 12.5. The Morgan fingerprint density at radius 1 is 0.958 bits per heavy atom. The third-order valence-electron chi connectivity index (χ3n) is 3.66. The molecule has 0 fully saturated rings. The number of carbonyl (C=O) groups is 1. The number of esters is 1. The van der Waals surface area contributed by atoms with Crippen molar-refractivity contribution in [2.45, 2.75) is 13.3 Å². The molecule has 120 valence electrons. The predicted octanol–water partition coefficient (Wildman–Crippen LogP) is 4.02. The molecule has 1 aromatic heterocycles. The molecule has 0 amide bonds. The first kappa shape index (κ1) is 15.7. The number of aromatic nitrogens is 1. The van der Waals surface area contributed by atoms with E-state index in [9.17, 15) is 9.59 Å². The Morgan fingerprint density at radius 2 is 1.54 bits per heavy atom. The molecular weight excluding hydrogens is 302 g/mol. The van der Waals surface area contributed by atoms with E-state index < -0.39 is 11.5 Å². The Kier molecular flexibility index (Phi) is 4.57. The average Bonchev–Trinajstić information content (AvgIpc) is 2.64. The molecule has 0 bridgehead atoms. The third-order valence-corrected chi connectivity index (χ3v) is 3.66. The molecular formula is C20H17NO3. The fourth-order valence-corrected chi connectivity index (χ4v) is 2.44. The molecule has 1 heterocycles. The van der Waals surface area contributed by atoms with Crippen LogP contribution in [0.5, 0.6) is 5.75 Å². The summed E-state index contributed by atoms with van der Waals surface area (Å²) in [4.78, 5) is 27.0. The summed E-state index contributed by atoms with van der Waals surface area (Å²) in [5.74, 6) is -0.405. The van der Waals surface area contributed by atoms with E-state index in [1.54, 1.807) is 6.92 Å². The summed E-state index contributed by atoms with van der Waals surface area (Å²) < 4.78 is 5.29. The van der Waals surface area contributed by atoms with Crippen molar-refractivity contribution in [2.75, 3.05) is 0 Å². The van der Waals surface area contributed by atoms with Crippen LogP contribution in [-0.2, 0) is 4.79 Å². The summed E-state index contributed by atoms with van der Waals surface area (Å²) in [6.07, 6.45) is 0.202. The topological polar surface area (TPSA) is 59.2 Å². The second kappa shape index (κ2) is 6.96. The van der Waals surface area contributed by atoms with Crippen LogP contribution in [0.15, 0.2) is 71.5 Å². The van der Waals surface area contributed by atoms with Gasteiger partial charge in [0.05, 0.1) is 0 Å². The van der Waals surface area contributed by atoms with Gasteiger partial charge >= 0.3 is 5.97 Å². The molecule has 0 atom stereocenters. The van der Waals surface area contributed by atoms with Gasteiger partial charge in [-0.05, 0) is 17.2 Å². The molecule has 3 aromatic rings. The standard InChI is InChI=1S/C20H17NO3/c1-2-18(22)24-19-16(14-9-5-3-6-10-14)13-17(21-20(19)23)15-11-7-4-8-12-15/h3-13H,2H2,1H3,(H,21,23). The second-order valence-corrected chi connectivity index (χ2v) is 5.31. The first-order valence-corrected chi connectivity index (χ1v) is 7.78. The summed E-state index contributed by atoms with van der Waals surface area (Å²) in [6.45, 7) is 1.69. The van der Waals surface area contributed by atoms with E-state index in [1.165, 1.54) is 0 Å². The first-order valence-electron chi connectivity index (χ1n) is 7.78. The minimum atomic E-state index is -0.440. The zero-order valence-electron chi connectivity index (χ0n) is 13.3. The number of benzene rings is 2. The van der Waals surface area contributed by atoms with Gasteiger partial charge in [0.15, 0.2) is 0 Å². The molecule has 0 radical (unpaired) electrons. The molecule has 1 N–H and O–H groups in total. The first-order chi connectivity index (χ1) is 11.7. The van der Waals surface area contributed by atoms with E-state index in [2.05, 4.69) is 4.98 Å². The molecule has 0 aliphatic carbocycles. The molecule has 0 unspecified atom stereocenters. The highest BCUT2D eigenvalue weighted by atomic mass is 16.5. The van der Waals surface area contributed by atoms with E-state index >= 15 is 0 Å². The smallest absolute Gasteiger partial charge is 0.311 e. The number of pyridine rings is 1. The van der Waals surface area contributed by atoms with E-state index in [0.29, 0.717) is 11.3 Å². The molecule has 0 spiro atoms.